The van der Waals surface area contributed by atoms with Gasteiger partial charge in [-0.15, -0.1) is 0 Å². The van der Waals surface area contributed by atoms with Crippen LogP contribution in [0.15, 0.2) is 164 Å². The van der Waals surface area contributed by atoms with E-state index >= 15 is 0 Å². The van der Waals surface area contributed by atoms with Crippen molar-refractivity contribution in [1.82, 2.24) is 9.13 Å². The molecule has 46 heavy (non-hydrogen) atoms. The van der Waals surface area contributed by atoms with Gasteiger partial charge in [-0.05, 0) is 89.0 Å². The van der Waals surface area contributed by atoms with Gasteiger partial charge in [-0.1, -0.05) is 109 Å². The van der Waals surface area contributed by atoms with Crippen molar-refractivity contribution in [2.45, 2.75) is 6.82 Å². The minimum atomic E-state index is 1.04. The topological polar surface area (TPSA) is 9.86 Å². The SMILES string of the molecule is CBc1ccc(-n2c3ccccc3c3cc(-c4ccc5c(c4)c4cc(-c6ccccc6)ccc4n5-c4ccccc4)ccc32)cc1. The molecule has 0 amide bonds. The summed E-state index contributed by atoms with van der Waals surface area (Å²) >= 11 is 0. The van der Waals surface area contributed by atoms with Gasteiger partial charge >= 0.3 is 0 Å². The fourth-order valence-electron chi connectivity index (χ4n) is 7.18. The first-order valence-corrected chi connectivity index (χ1v) is 16.1. The molecule has 2 heterocycles. The summed E-state index contributed by atoms with van der Waals surface area (Å²) in [5.74, 6) is 0. The molecule has 3 heteroatoms. The lowest BCUT2D eigenvalue weighted by Crippen LogP contribution is -2.09. The fourth-order valence-corrected chi connectivity index (χ4v) is 7.18. The van der Waals surface area contributed by atoms with Crippen molar-refractivity contribution in [3.63, 3.8) is 0 Å². The van der Waals surface area contributed by atoms with Crippen LogP contribution in [0, 0.1) is 0 Å². The van der Waals surface area contributed by atoms with Gasteiger partial charge in [-0.25, -0.2) is 0 Å². The molecule has 2 nitrogen and oxygen atoms in total. The number of hydrogen-bond acceptors (Lipinski definition) is 0. The Morgan fingerprint density at radius 2 is 0.783 bits per heavy atom. The van der Waals surface area contributed by atoms with Gasteiger partial charge in [-0.2, -0.15) is 0 Å². The minimum Gasteiger partial charge on any atom is -0.309 e. The van der Waals surface area contributed by atoms with Crippen LogP contribution >= 0.6 is 0 Å². The maximum Gasteiger partial charge on any atom is 0.154 e. The quantitative estimate of drug-likeness (QED) is 0.178. The molecule has 0 aliphatic heterocycles. The second-order valence-corrected chi connectivity index (χ2v) is 12.1. The van der Waals surface area contributed by atoms with Crippen LogP contribution in [0.25, 0.3) is 77.2 Å². The van der Waals surface area contributed by atoms with Crippen molar-refractivity contribution >= 4 is 56.4 Å². The van der Waals surface area contributed by atoms with Gasteiger partial charge in [0.15, 0.2) is 7.28 Å². The number of fused-ring (bicyclic) bond motifs is 6. The smallest absolute Gasteiger partial charge is 0.154 e. The lowest BCUT2D eigenvalue weighted by molar-refractivity contribution is 1.18. The molecule has 0 spiro atoms. The van der Waals surface area contributed by atoms with Gasteiger partial charge in [0, 0.05) is 32.9 Å². The number of aromatic nitrogens is 2. The van der Waals surface area contributed by atoms with Gasteiger partial charge in [0.1, 0.15) is 0 Å². The molecule has 216 valence electrons. The largest absolute Gasteiger partial charge is 0.309 e. The average Bonchev–Trinajstić information content (AvgIpc) is 3.64. The average molecular weight is 587 g/mol. The van der Waals surface area contributed by atoms with Gasteiger partial charge in [0.05, 0.1) is 22.1 Å². The van der Waals surface area contributed by atoms with E-state index < -0.39 is 0 Å². The lowest BCUT2D eigenvalue weighted by Gasteiger charge is -2.10. The molecule has 0 aliphatic carbocycles. The zero-order valence-corrected chi connectivity index (χ0v) is 25.7. The third-order valence-corrected chi connectivity index (χ3v) is 9.50. The first-order chi connectivity index (χ1) is 22.8. The Morgan fingerprint density at radius 3 is 1.35 bits per heavy atom. The van der Waals surface area contributed by atoms with E-state index in [9.17, 15) is 0 Å². The summed E-state index contributed by atoms with van der Waals surface area (Å²) in [6.07, 6.45) is 0. The summed E-state index contributed by atoms with van der Waals surface area (Å²) in [4.78, 5) is 0. The predicted octanol–water partition coefficient (Wildman–Crippen LogP) is 10.3. The third kappa shape index (κ3) is 4.20. The lowest BCUT2D eigenvalue weighted by atomic mass is 9.73. The van der Waals surface area contributed by atoms with E-state index in [-0.39, 0.29) is 0 Å². The highest BCUT2D eigenvalue weighted by molar-refractivity contribution is 6.51. The molecule has 7 aromatic carbocycles. The summed E-state index contributed by atoms with van der Waals surface area (Å²) in [6.45, 7) is 2.20. The molecular weight excluding hydrogens is 555 g/mol. The van der Waals surface area contributed by atoms with E-state index in [2.05, 4.69) is 180 Å². The normalized spacial score (nSPS) is 11.6. The Bertz CT molecular complexity index is 2540. The standard InChI is InChI=1S/C43H31BN2/c1-44-33-19-21-35(22-20-33)46-40-15-9-8-14-36(40)37-27-31(17-24-41(37)46)32-18-25-43-39(28-32)38-26-30(29-10-4-2-5-11-29)16-23-42(38)45(43)34-12-6-3-7-13-34/h2-28,44H,1H3. The highest BCUT2D eigenvalue weighted by Gasteiger charge is 2.16. The molecule has 0 N–H and O–H groups in total. The van der Waals surface area contributed by atoms with Crippen LogP contribution in [0.3, 0.4) is 0 Å². The molecular formula is C43H31BN2. The fraction of sp³-hybridized carbons (Fsp3) is 0.0233. The van der Waals surface area contributed by atoms with Crippen molar-refractivity contribution in [3.8, 4) is 33.6 Å². The van der Waals surface area contributed by atoms with Crippen LogP contribution in [0.5, 0.6) is 0 Å². The van der Waals surface area contributed by atoms with Crippen LogP contribution in [0.1, 0.15) is 0 Å². The van der Waals surface area contributed by atoms with Crippen LogP contribution in [0.2, 0.25) is 6.82 Å². The zero-order valence-electron chi connectivity index (χ0n) is 25.7. The third-order valence-electron chi connectivity index (χ3n) is 9.50. The second kappa shape index (κ2) is 10.7. The van der Waals surface area contributed by atoms with E-state index in [4.69, 9.17) is 0 Å². The first-order valence-electron chi connectivity index (χ1n) is 16.1. The van der Waals surface area contributed by atoms with Crippen LogP contribution < -0.4 is 5.46 Å². The monoisotopic (exact) mass is 586 g/mol. The molecule has 0 saturated carbocycles. The molecule has 0 radical (unpaired) electrons. The summed E-state index contributed by atoms with van der Waals surface area (Å²) in [6, 6.07) is 59.9. The Labute approximate surface area is 269 Å². The van der Waals surface area contributed by atoms with Gasteiger partial charge in [-0.3, -0.25) is 0 Å². The van der Waals surface area contributed by atoms with E-state index in [1.807, 2.05) is 0 Å². The Balaban J connectivity index is 1.26. The maximum atomic E-state index is 2.40. The Kier molecular flexibility index (Phi) is 6.17. The molecule has 0 unspecified atom stereocenters. The van der Waals surface area contributed by atoms with Gasteiger partial charge in [0.2, 0.25) is 0 Å². The van der Waals surface area contributed by atoms with Crippen molar-refractivity contribution < 1.29 is 0 Å². The van der Waals surface area contributed by atoms with Crippen molar-refractivity contribution in [1.29, 1.82) is 0 Å². The zero-order chi connectivity index (χ0) is 30.6. The number of rotatable bonds is 5. The number of hydrogen-bond donors (Lipinski definition) is 0. The molecule has 0 atom stereocenters. The molecule has 0 bridgehead atoms. The van der Waals surface area contributed by atoms with E-state index in [0.29, 0.717) is 0 Å². The molecule has 0 aliphatic rings. The van der Waals surface area contributed by atoms with Crippen LogP contribution in [-0.4, -0.2) is 16.4 Å². The van der Waals surface area contributed by atoms with Crippen LogP contribution in [-0.2, 0) is 0 Å². The number of para-hydroxylation sites is 2. The minimum absolute atomic E-state index is 1.04. The van der Waals surface area contributed by atoms with Crippen molar-refractivity contribution in [2.24, 2.45) is 0 Å². The van der Waals surface area contributed by atoms with Crippen LogP contribution in [0.4, 0.5) is 0 Å². The van der Waals surface area contributed by atoms with E-state index in [1.165, 1.54) is 82.7 Å². The Morgan fingerprint density at radius 1 is 0.348 bits per heavy atom. The molecule has 9 aromatic rings. The van der Waals surface area contributed by atoms with Crippen molar-refractivity contribution in [3.05, 3.63) is 164 Å². The second-order valence-electron chi connectivity index (χ2n) is 12.1. The predicted molar refractivity (Wildman–Crippen MR) is 199 cm³/mol. The van der Waals surface area contributed by atoms with E-state index in [0.717, 1.165) is 7.28 Å². The molecule has 9 rings (SSSR count). The summed E-state index contributed by atoms with van der Waals surface area (Å²) in [5, 5.41) is 5.06. The molecule has 2 aromatic heterocycles. The summed E-state index contributed by atoms with van der Waals surface area (Å²) < 4.78 is 4.79. The number of nitrogens with zero attached hydrogens (tertiary/aromatic N) is 2. The highest BCUT2D eigenvalue weighted by atomic mass is 15.0. The van der Waals surface area contributed by atoms with Gasteiger partial charge in [0.25, 0.3) is 0 Å². The Hall–Kier alpha value is -5.80. The molecule has 0 saturated heterocycles. The summed E-state index contributed by atoms with van der Waals surface area (Å²) in [7, 11) is 1.04. The summed E-state index contributed by atoms with van der Waals surface area (Å²) in [5.41, 5.74) is 13.5. The van der Waals surface area contributed by atoms with Crippen molar-refractivity contribution in [2.75, 3.05) is 0 Å². The maximum absolute atomic E-state index is 2.40. The van der Waals surface area contributed by atoms with E-state index in [1.54, 1.807) is 0 Å². The van der Waals surface area contributed by atoms with Gasteiger partial charge < -0.3 is 9.13 Å². The number of benzene rings is 7. The highest BCUT2D eigenvalue weighted by Crippen LogP contribution is 2.39. The molecule has 0 fully saturated rings. The first kappa shape index (κ1) is 26.6.